The molecule has 6 rings (SSSR count). The van der Waals surface area contributed by atoms with Crippen molar-refractivity contribution in [1.29, 1.82) is 0 Å². The molecule has 1 aromatic heterocycles. The van der Waals surface area contributed by atoms with Crippen molar-refractivity contribution in [3.05, 3.63) is 108 Å². The van der Waals surface area contributed by atoms with E-state index in [0.717, 1.165) is 30.5 Å². The summed E-state index contributed by atoms with van der Waals surface area (Å²) in [7, 11) is 0. The zero-order chi connectivity index (χ0) is 21.5. The third-order valence-electron chi connectivity index (χ3n) is 6.64. The SMILES string of the molecule is Nc1ccc2c(sc3ccccc32)c1-c1ccc(C2=CC=C(C3=CCCC=C3)CC2)cc1. The molecule has 0 unspecified atom stereocenters. The van der Waals surface area contributed by atoms with Gasteiger partial charge in [0.2, 0.25) is 0 Å². The Morgan fingerprint density at radius 3 is 2.28 bits per heavy atom. The Kier molecular flexibility index (Phi) is 4.81. The van der Waals surface area contributed by atoms with Crippen molar-refractivity contribution in [1.82, 2.24) is 0 Å². The number of fused-ring (bicyclic) bond motifs is 3. The summed E-state index contributed by atoms with van der Waals surface area (Å²) < 4.78 is 2.58. The fourth-order valence-corrected chi connectivity index (χ4v) is 6.20. The quantitative estimate of drug-likeness (QED) is 0.323. The summed E-state index contributed by atoms with van der Waals surface area (Å²) in [5, 5.41) is 2.60. The fraction of sp³-hybridized carbons (Fsp3) is 0.133. The van der Waals surface area contributed by atoms with Crippen LogP contribution in [0.3, 0.4) is 0 Å². The molecule has 0 radical (unpaired) electrons. The summed E-state index contributed by atoms with van der Waals surface area (Å²) in [6.45, 7) is 0. The molecule has 0 aliphatic heterocycles. The maximum Gasteiger partial charge on any atom is 0.0454 e. The predicted molar refractivity (Wildman–Crippen MR) is 141 cm³/mol. The molecule has 0 fully saturated rings. The van der Waals surface area contributed by atoms with Gasteiger partial charge in [-0.3, -0.25) is 0 Å². The third kappa shape index (κ3) is 3.32. The number of thiophene rings is 1. The average Bonchev–Trinajstić information content (AvgIpc) is 3.23. The number of allylic oxidation sites excluding steroid dienone is 8. The lowest BCUT2D eigenvalue weighted by molar-refractivity contribution is 0.962. The summed E-state index contributed by atoms with van der Waals surface area (Å²) >= 11 is 1.83. The maximum absolute atomic E-state index is 6.48. The number of anilines is 1. The highest BCUT2D eigenvalue weighted by atomic mass is 32.1. The minimum atomic E-state index is 0.843. The van der Waals surface area contributed by atoms with Crippen molar-refractivity contribution in [2.75, 3.05) is 5.73 Å². The summed E-state index contributed by atoms with van der Waals surface area (Å²) in [5.41, 5.74) is 15.3. The Morgan fingerprint density at radius 2 is 1.50 bits per heavy atom. The first-order valence-corrected chi connectivity index (χ1v) is 12.2. The second kappa shape index (κ2) is 7.96. The van der Waals surface area contributed by atoms with E-state index < -0.39 is 0 Å². The number of nitrogens with two attached hydrogens (primary N) is 1. The molecule has 0 atom stereocenters. The van der Waals surface area contributed by atoms with Crippen LogP contribution in [0.15, 0.2) is 102 Å². The molecule has 2 N–H and O–H groups in total. The van der Waals surface area contributed by atoms with E-state index in [9.17, 15) is 0 Å². The number of hydrogen-bond acceptors (Lipinski definition) is 2. The lowest BCUT2D eigenvalue weighted by Crippen LogP contribution is -1.97. The summed E-state index contributed by atoms with van der Waals surface area (Å²) in [6, 6.07) is 21.8. The highest BCUT2D eigenvalue weighted by Gasteiger charge is 2.15. The standard InChI is InChI=1S/C30H25NS/c31-27-19-18-26-25-8-4-5-9-28(25)32-30(26)29(27)24-16-14-23(15-17-24)22-12-10-21(11-13-22)20-6-2-1-3-7-20/h2,4-10,12,14-19H,1,3,11,13,31H2. The van der Waals surface area contributed by atoms with Gasteiger partial charge < -0.3 is 5.73 Å². The van der Waals surface area contributed by atoms with E-state index in [2.05, 4.69) is 91.0 Å². The van der Waals surface area contributed by atoms with Gasteiger partial charge in [-0.2, -0.15) is 0 Å². The van der Waals surface area contributed by atoms with Crippen LogP contribution in [0.5, 0.6) is 0 Å². The molecule has 156 valence electrons. The van der Waals surface area contributed by atoms with Crippen LogP contribution >= 0.6 is 11.3 Å². The van der Waals surface area contributed by atoms with E-state index in [-0.39, 0.29) is 0 Å². The molecular formula is C30H25NS. The van der Waals surface area contributed by atoms with Crippen molar-refractivity contribution in [3.8, 4) is 11.1 Å². The highest BCUT2D eigenvalue weighted by Crippen LogP contribution is 2.43. The molecule has 1 heterocycles. The van der Waals surface area contributed by atoms with Crippen molar-refractivity contribution in [2.24, 2.45) is 0 Å². The second-order valence-electron chi connectivity index (χ2n) is 8.61. The van der Waals surface area contributed by atoms with Gasteiger partial charge in [0.1, 0.15) is 0 Å². The van der Waals surface area contributed by atoms with Crippen LogP contribution in [0.2, 0.25) is 0 Å². The smallest absolute Gasteiger partial charge is 0.0454 e. The maximum atomic E-state index is 6.48. The molecule has 2 aliphatic carbocycles. The average molecular weight is 432 g/mol. The third-order valence-corrected chi connectivity index (χ3v) is 7.84. The fourth-order valence-electron chi connectivity index (χ4n) is 4.92. The predicted octanol–water partition coefficient (Wildman–Crippen LogP) is 8.68. The molecular weight excluding hydrogens is 406 g/mol. The van der Waals surface area contributed by atoms with Gasteiger partial charge in [0.25, 0.3) is 0 Å². The van der Waals surface area contributed by atoms with Crippen LogP contribution in [-0.2, 0) is 0 Å². The van der Waals surface area contributed by atoms with Gasteiger partial charge in [-0.05, 0) is 65.7 Å². The van der Waals surface area contributed by atoms with E-state index in [0.29, 0.717) is 0 Å². The zero-order valence-corrected chi connectivity index (χ0v) is 18.8. The normalized spacial score (nSPS) is 16.2. The minimum Gasteiger partial charge on any atom is -0.398 e. The first-order chi connectivity index (χ1) is 15.8. The number of hydrogen-bond donors (Lipinski definition) is 1. The molecule has 0 saturated heterocycles. The molecule has 32 heavy (non-hydrogen) atoms. The Balaban J connectivity index is 1.36. The van der Waals surface area contributed by atoms with Crippen LogP contribution < -0.4 is 5.73 Å². The number of rotatable bonds is 3. The summed E-state index contributed by atoms with van der Waals surface area (Å²) in [4.78, 5) is 0. The van der Waals surface area contributed by atoms with Crippen LogP contribution in [0.25, 0.3) is 36.9 Å². The largest absolute Gasteiger partial charge is 0.398 e. The Hall–Kier alpha value is -3.36. The van der Waals surface area contributed by atoms with Crippen molar-refractivity contribution in [2.45, 2.75) is 25.7 Å². The second-order valence-corrected chi connectivity index (χ2v) is 9.66. The van der Waals surface area contributed by atoms with Gasteiger partial charge in [0.15, 0.2) is 0 Å². The van der Waals surface area contributed by atoms with E-state index in [1.165, 1.54) is 54.4 Å². The zero-order valence-electron chi connectivity index (χ0n) is 18.0. The number of nitrogen functional groups attached to an aromatic ring is 1. The number of benzene rings is 3. The molecule has 0 saturated carbocycles. The van der Waals surface area contributed by atoms with Crippen molar-refractivity contribution < 1.29 is 0 Å². The summed E-state index contributed by atoms with van der Waals surface area (Å²) in [6.07, 6.45) is 16.1. The lowest BCUT2D eigenvalue weighted by atomic mass is 9.87. The van der Waals surface area contributed by atoms with Gasteiger partial charge in [0, 0.05) is 31.4 Å². The van der Waals surface area contributed by atoms with E-state index in [1.54, 1.807) is 0 Å². The van der Waals surface area contributed by atoms with Crippen molar-refractivity contribution >= 4 is 42.8 Å². The first-order valence-electron chi connectivity index (χ1n) is 11.4. The van der Waals surface area contributed by atoms with E-state index in [1.807, 2.05) is 11.3 Å². The highest BCUT2D eigenvalue weighted by molar-refractivity contribution is 7.26. The van der Waals surface area contributed by atoms with Crippen molar-refractivity contribution in [3.63, 3.8) is 0 Å². The van der Waals surface area contributed by atoms with E-state index in [4.69, 9.17) is 5.73 Å². The van der Waals surface area contributed by atoms with Gasteiger partial charge in [-0.15, -0.1) is 11.3 Å². The monoisotopic (exact) mass is 431 g/mol. The molecule has 3 aromatic carbocycles. The Labute approximate surface area is 192 Å². The van der Waals surface area contributed by atoms with Gasteiger partial charge in [-0.1, -0.05) is 78.9 Å². The van der Waals surface area contributed by atoms with Crippen LogP contribution in [0.4, 0.5) is 5.69 Å². The molecule has 0 spiro atoms. The molecule has 4 aromatic rings. The molecule has 1 nitrogen and oxygen atoms in total. The Bertz CT molecular complexity index is 1460. The van der Waals surface area contributed by atoms with Gasteiger partial charge >= 0.3 is 0 Å². The van der Waals surface area contributed by atoms with Gasteiger partial charge in [0.05, 0.1) is 0 Å². The molecule has 2 aliphatic rings. The Morgan fingerprint density at radius 1 is 0.719 bits per heavy atom. The van der Waals surface area contributed by atoms with Gasteiger partial charge in [-0.25, -0.2) is 0 Å². The summed E-state index contributed by atoms with van der Waals surface area (Å²) in [5.74, 6) is 0. The van der Waals surface area contributed by atoms with Crippen LogP contribution in [0.1, 0.15) is 31.2 Å². The first kappa shape index (κ1) is 19.3. The molecule has 2 heteroatoms. The minimum absolute atomic E-state index is 0.843. The van der Waals surface area contributed by atoms with E-state index >= 15 is 0 Å². The molecule has 0 amide bonds. The topological polar surface area (TPSA) is 26.0 Å². The lowest BCUT2D eigenvalue weighted by Gasteiger charge is -2.18. The van der Waals surface area contributed by atoms with Crippen LogP contribution in [-0.4, -0.2) is 0 Å². The molecule has 0 bridgehead atoms. The van der Waals surface area contributed by atoms with Crippen LogP contribution in [0, 0.1) is 0 Å².